The van der Waals surface area contributed by atoms with Crippen molar-refractivity contribution in [2.45, 2.75) is 0 Å². The van der Waals surface area contributed by atoms with Crippen molar-refractivity contribution in [2.24, 2.45) is 5.18 Å². The van der Waals surface area contributed by atoms with Crippen LogP contribution in [0.5, 0.6) is 0 Å². The number of fused-ring (bicyclic) bond motifs is 1. The first-order valence-corrected chi connectivity index (χ1v) is 3.37. The number of aromatic nitrogens is 2. The van der Waals surface area contributed by atoms with E-state index < -0.39 is 0 Å². The molecular weight excluding hydrogens is 158 g/mol. The van der Waals surface area contributed by atoms with E-state index in [0.29, 0.717) is 16.7 Å². The van der Waals surface area contributed by atoms with Crippen molar-refractivity contribution in [1.29, 1.82) is 0 Å². The molecule has 2 aromatic rings. The van der Waals surface area contributed by atoms with Crippen LogP contribution in [0.3, 0.4) is 0 Å². The Balaban J connectivity index is 2.88. The number of nitrogens with zero attached hydrogens (tertiary/aromatic N) is 2. The smallest absolute Gasteiger partial charge is 0.328 e. The van der Waals surface area contributed by atoms with Crippen molar-refractivity contribution in [3.8, 4) is 0 Å². The third-order valence-corrected chi connectivity index (χ3v) is 1.69. The maximum Gasteiger partial charge on any atom is 0.328 e. The molecule has 0 saturated carbocycles. The van der Waals surface area contributed by atoms with E-state index in [0.717, 1.165) is 4.73 Å². The molecule has 0 aliphatic heterocycles. The predicted octanol–water partition coefficient (Wildman–Crippen LogP) is 1.09. The molecule has 60 valence electrons. The maximum atomic E-state index is 10.2. The van der Waals surface area contributed by atoms with Crippen LogP contribution >= 0.6 is 0 Å². The molecule has 0 fully saturated rings. The lowest BCUT2D eigenvalue weighted by atomic mass is 10.3. The van der Waals surface area contributed by atoms with E-state index in [1.54, 1.807) is 12.1 Å². The molecule has 0 aromatic carbocycles. The summed E-state index contributed by atoms with van der Waals surface area (Å²) in [6, 6.07) is 3.33. The number of rotatable bonds is 1. The molecule has 5 heteroatoms. The minimum Gasteiger partial charge on any atom is -0.350 e. The fourth-order valence-electron chi connectivity index (χ4n) is 1.14. The second-order valence-corrected chi connectivity index (χ2v) is 2.38. The van der Waals surface area contributed by atoms with Crippen LogP contribution in [0.25, 0.3) is 11.0 Å². The van der Waals surface area contributed by atoms with Crippen molar-refractivity contribution < 1.29 is 9.94 Å². The normalized spacial score (nSPS) is 10.3. The number of H-pyrrole nitrogens is 1. The van der Waals surface area contributed by atoms with E-state index >= 15 is 0 Å². The van der Waals surface area contributed by atoms with Crippen LogP contribution in [-0.4, -0.2) is 10.2 Å². The van der Waals surface area contributed by atoms with Gasteiger partial charge in [-0.15, -0.1) is 4.91 Å². The average Bonchev–Trinajstić information content (AvgIpc) is 2.49. The zero-order chi connectivity index (χ0) is 8.55. The molecule has 2 heterocycles. The van der Waals surface area contributed by atoms with E-state index in [-0.39, 0.29) is 0 Å². The summed E-state index contributed by atoms with van der Waals surface area (Å²) < 4.78 is 0.907. The lowest BCUT2D eigenvalue weighted by Gasteiger charge is -1.87. The number of aromatic amines is 1. The molecule has 0 amide bonds. The van der Waals surface area contributed by atoms with Crippen molar-refractivity contribution in [1.82, 2.24) is 4.98 Å². The van der Waals surface area contributed by atoms with Gasteiger partial charge in [0.15, 0.2) is 5.69 Å². The Morgan fingerprint density at radius 1 is 1.58 bits per heavy atom. The molecule has 12 heavy (non-hydrogen) atoms. The van der Waals surface area contributed by atoms with Gasteiger partial charge in [0.25, 0.3) is 0 Å². The van der Waals surface area contributed by atoms with Crippen LogP contribution in [0.4, 0.5) is 5.69 Å². The number of pyridine rings is 1. The molecule has 0 radical (unpaired) electrons. The zero-order valence-electron chi connectivity index (χ0n) is 6.06. The molecule has 0 unspecified atom stereocenters. The number of hydrogen-bond acceptors (Lipinski definition) is 3. The molecule has 0 spiro atoms. The van der Waals surface area contributed by atoms with Crippen molar-refractivity contribution in [3.63, 3.8) is 0 Å². The summed E-state index contributed by atoms with van der Waals surface area (Å²) in [6.07, 6.45) is 2.91. The van der Waals surface area contributed by atoms with Gasteiger partial charge in [0.05, 0.1) is 0 Å². The Kier molecular flexibility index (Phi) is 1.30. The van der Waals surface area contributed by atoms with Gasteiger partial charge in [-0.3, -0.25) is 0 Å². The third kappa shape index (κ3) is 0.763. The molecule has 0 saturated heterocycles. The first kappa shape index (κ1) is 6.78. The summed E-state index contributed by atoms with van der Waals surface area (Å²) in [5.41, 5.74) is 0.764. The minimum atomic E-state index is 0.299. The first-order valence-electron chi connectivity index (χ1n) is 3.37. The van der Waals surface area contributed by atoms with Crippen LogP contribution < -0.4 is 4.73 Å². The van der Waals surface area contributed by atoms with E-state index in [2.05, 4.69) is 10.2 Å². The summed E-state index contributed by atoms with van der Waals surface area (Å²) in [4.78, 5) is 13.0. The van der Waals surface area contributed by atoms with Crippen molar-refractivity contribution in [2.75, 3.05) is 0 Å². The molecule has 5 nitrogen and oxygen atoms in total. The van der Waals surface area contributed by atoms with Gasteiger partial charge in [-0.2, -0.15) is 0 Å². The Labute approximate surface area is 67.2 Å². The number of hydrogen-bond donors (Lipinski definition) is 2. The molecule has 2 aromatic heterocycles. The molecule has 0 aliphatic carbocycles. The second kappa shape index (κ2) is 2.30. The van der Waals surface area contributed by atoms with Crippen LogP contribution in [0.15, 0.2) is 29.7 Å². The number of nitrogens with one attached hydrogen (secondary N) is 1. The zero-order valence-corrected chi connectivity index (χ0v) is 6.06. The topological polar surface area (TPSA) is 69.3 Å². The van der Waals surface area contributed by atoms with Gasteiger partial charge < -0.3 is 5.21 Å². The van der Waals surface area contributed by atoms with Gasteiger partial charge in [0.2, 0.25) is 0 Å². The fourth-order valence-corrected chi connectivity index (χ4v) is 1.14. The molecule has 0 bridgehead atoms. The highest BCUT2D eigenvalue weighted by atomic mass is 16.5. The van der Waals surface area contributed by atoms with E-state index in [4.69, 9.17) is 0 Å². The predicted molar refractivity (Wildman–Crippen MR) is 41.1 cm³/mol. The number of nitroso groups, excluding NO2 is 1. The van der Waals surface area contributed by atoms with Crippen LogP contribution in [0.2, 0.25) is 0 Å². The summed E-state index contributed by atoms with van der Waals surface area (Å²) in [5.74, 6) is 0. The first-order chi connectivity index (χ1) is 5.83. The van der Waals surface area contributed by atoms with Gasteiger partial charge in [0, 0.05) is 0 Å². The van der Waals surface area contributed by atoms with Crippen LogP contribution in [0.1, 0.15) is 0 Å². The summed E-state index contributed by atoms with van der Waals surface area (Å²) in [6.45, 7) is 0. The highest BCUT2D eigenvalue weighted by Crippen LogP contribution is 2.21. The van der Waals surface area contributed by atoms with Crippen LogP contribution in [-0.2, 0) is 0 Å². The van der Waals surface area contributed by atoms with E-state index in [1.165, 1.54) is 12.4 Å². The summed E-state index contributed by atoms with van der Waals surface area (Å²) in [5, 5.41) is 12.6. The third-order valence-electron chi connectivity index (χ3n) is 1.69. The summed E-state index contributed by atoms with van der Waals surface area (Å²) >= 11 is 0. The lowest BCUT2D eigenvalue weighted by molar-refractivity contribution is -0.885. The van der Waals surface area contributed by atoms with Gasteiger partial charge in [0.1, 0.15) is 17.8 Å². The Hall–Kier alpha value is -1.91. The Morgan fingerprint density at radius 3 is 3.17 bits per heavy atom. The molecule has 0 aliphatic rings. The van der Waals surface area contributed by atoms with E-state index in [1.807, 2.05) is 0 Å². The second-order valence-electron chi connectivity index (χ2n) is 2.38. The minimum absolute atomic E-state index is 0.299. The van der Waals surface area contributed by atoms with Gasteiger partial charge in [-0.1, -0.05) is 4.73 Å². The molecule has 2 rings (SSSR count). The van der Waals surface area contributed by atoms with Gasteiger partial charge in [-0.25, -0.2) is 4.98 Å². The van der Waals surface area contributed by atoms with Gasteiger partial charge in [-0.05, 0) is 17.3 Å². The van der Waals surface area contributed by atoms with Gasteiger partial charge >= 0.3 is 5.65 Å². The highest BCUT2D eigenvalue weighted by molar-refractivity contribution is 5.85. The average molecular weight is 164 g/mol. The molecule has 2 N–H and O–H groups in total. The monoisotopic (exact) mass is 164 g/mol. The maximum absolute atomic E-state index is 10.2. The lowest BCUT2D eigenvalue weighted by Crippen LogP contribution is -2.29. The largest absolute Gasteiger partial charge is 0.350 e. The molecule has 0 atom stereocenters. The quantitative estimate of drug-likeness (QED) is 0.376. The fraction of sp³-hybridized carbons (Fsp3) is 0. The standard InChI is InChI=1S/C7H5N3O2/c11-9-6-4-8-7-5(6)2-1-3-10(7)12/h1-4,12H/p+1. The van der Waals surface area contributed by atoms with Crippen molar-refractivity contribution in [3.05, 3.63) is 29.4 Å². The Morgan fingerprint density at radius 2 is 2.42 bits per heavy atom. The van der Waals surface area contributed by atoms with Crippen molar-refractivity contribution >= 4 is 16.7 Å². The van der Waals surface area contributed by atoms with Crippen LogP contribution in [0, 0.1) is 4.91 Å². The Bertz CT molecular complexity index is 435. The summed E-state index contributed by atoms with van der Waals surface area (Å²) in [7, 11) is 0. The van der Waals surface area contributed by atoms with E-state index in [9.17, 15) is 10.1 Å². The SMILES string of the molecule is O=Nc1c[nH]c2c1ccc[n+]2O. The highest BCUT2D eigenvalue weighted by Gasteiger charge is 2.12. The molecular formula is C7H6N3O2+.